The van der Waals surface area contributed by atoms with Gasteiger partial charge in [0.15, 0.2) is 0 Å². The molecule has 94 valence electrons. The van der Waals surface area contributed by atoms with Crippen molar-refractivity contribution >= 4 is 26.8 Å². The predicted molar refractivity (Wildman–Crippen MR) is 72.9 cm³/mol. The largest absolute Gasteiger partial charge is 0.489 e. The van der Waals surface area contributed by atoms with Crippen molar-refractivity contribution in [2.75, 3.05) is 0 Å². The van der Waals surface area contributed by atoms with Gasteiger partial charge in [-0.15, -0.1) is 0 Å². The number of hydrogen-bond acceptors (Lipinski definition) is 3. The lowest BCUT2D eigenvalue weighted by molar-refractivity contribution is 0.209. The van der Waals surface area contributed by atoms with Gasteiger partial charge in [0.05, 0.1) is 27.8 Å². The van der Waals surface area contributed by atoms with Crippen molar-refractivity contribution < 1.29 is 4.74 Å². The molecule has 1 aromatic heterocycles. The van der Waals surface area contributed by atoms with Gasteiger partial charge in [-0.05, 0) is 53.7 Å². The van der Waals surface area contributed by atoms with Crippen molar-refractivity contribution in [3.63, 3.8) is 0 Å². The maximum Gasteiger partial charge on any atom is 0.258 e. The first-order chi connectivity index (χ1) is 8.74. The maximum absolute atomic E-state index is 11.7. The second-order valence-corrected chi connectivity index (χ2v) is 5.41. The molecule has 0 bridgehead atoms. The van der Waals surface area contributed by atoms with Gasteiger partial charge < -0.3 is 9.72 Å². The summed E-state index contributed by atoms with van der Waals surface area (Å²) < 4.78 is 6.79. The number of aromatic amines is 1. The minimum Gasteiger partial charge on any atom is -0.489 e. The molecule has 2 aromatic rings. The van der Waals surface area contributed by atoms with Crippen molar-refractivity contribution in [3.05, 3.63) is 33.3 Å². The summed E-state index contributed by atoms with van der Waals surface area (Å²) in [6.07, 6.45) is 6.31. The molecule has 1 aliphatic carbocycles. The Morgan fingerprint density at radius 3 is 2.89 bits per heavy atom. The van der Waals surface area contributed by atoms with Crippen LogP contribution in [0.1, 0.15) is 25.7 Å². The van der Waals surface area contributed by atoms with Gasteiger partial charge >= 0.3 is 0 Å². The highest BCUT2D eigenvalue weighted by molar-refractivity contribution is 9.10. The molecule has 1 fully saturated rings. The number of halogens is 1. The Labute approximate surface area is 113 Å². The lowest BCUT2D eigenvalue weighted by Gasteiger charge is -2.14. The summed E-state index contributed by atoms with van der Waals surface area (Å²) in [7, 11) is 0. The summed E-state index contributed by atoms with van der Waals surface area (Å²) in [4.78, 5) is 18.4. The lowest BCUT2D eigenvalue weighted by atomic mass is 10.2. The van der Waals surface area contributed by atoms with Crippen LogP contribution in [0.2, 0.25) is 0 Å². The smallest absolute Gasteiger partial charge is 0.258 e. The molecule has 0 aliphatic heterocycles. The van der Waals surface area contributed by atoms with Gasteiger partial charge in [0.25, 0.3) is 5.56 Å². The number of nitrogens with one attached hydrogen (secondary N) is 1. The number of H-pyrrole nitrogens is 1. The Morgan fingerprint density at radius 1 is 1.33 bits per heavy atom. The van der Waals surface area contributed by atoms with Gasteiger partial charge in [0, 0.05) is 0 Å². The quantitative estimate of drug-likeness (QED) is 0.928. The summed E-state index contributed by atoms with van der Waals surface area (Å²) in [6, 6.07) is 3.60. The Hall–Kier alpha value is -1.36. The minimum absolute atomic E-state index is 0.135. The molecule has 18 heavy (non-hydrogen) atoms. The third-order valence-electron chi connectivity index (χ3n) is 3.29. The second kappa shape index (κ2) is 4.72. The van der Waals surface area contributed by atoms with Crippen LogP contribution in [0.5, 0.6) is 5.75 Å². The van der Waals surface area contributed by atoms with E-state index >= 15 is 0 Å². The van der Waals surface area contributed by atoms with E-state index in [4.69, 9.17) is 4.74 Å². The normalized spacial score (nSPS) is 16.3. The molecule has 0 saturated heterocycles. The van der Waals surface area contributed by atoms with Crippen LogP contribution in [0.25, 0.3) is 10.9 Å². The average Bonchev–Trinajstić information content (AvgIpc) is 2.84. The third-order valence-corrected chi connectivity index (χ3v) is 3.91. The van der Waals surface area contributed by atoms with Gasteiger partial charge in [-0.25, -0.2) is 4.98 Å². The highest BCUT2D eigenvalue weighted by atomic mass is 79.9. The molecule has 0 amide bonds. The Balaban J connectivity index is 2.03. The molecule has 1 N–H and O–H groups in total. The Bertz CT molecular complexity index is 632. The highest BCUT2D eigenvalue weighted by Crippen LogP contribution is 2.32. The zero-order valence-corrected chi connectivity index (χ0v) is 11.4. The molecule has 1 aromatic carbocycles. The molecule has 5 heteroatoms. The fourth-order valence-electron chi connectivity index (χ4n) is 2.35. The molecule has 0 atom stereocenters. The van der Waals surface area contributed by atoms with E-state index in [-0.39, 0.29) is 11.7 Å². The van der Waals surface area contributed by atoms with E-state index in [0.29, 0.717) is 10.9 Å². The summed E-state index contributed by atoms with van der Waals surface area (Å²) >= 11 is 3.47. The van der Waals surface area contributed by atoms with Gasteiger partial charge in [-0.3, -0.25) is 4.79 Å². The van der Waals surface area contributed by atoms with E-state index in [2.05, 4.69) is 25.9 Å². The zero-order chi connectivity index (χ0) is 12.5. The number of aromatic nitrogens is 2. The topological polar surface area (TPSA) is 55.0 Å². The Morgan fingerprint density at radius 2 is 2.11 bits per heavy atom. The van der Waals surface area contributed by atoms with Crippen LogP contribution in [0, 0.1) is 0 Å². The van der Waals surface area contributed by atoms with E-state index in [1.54, 1.807) is 6.07 Å². The highest BCUT2D eigenvalue weighted by Gasteiger charge is 2.18. The van der Waals surface area contributed by atoms with Crippen molar-refractivity contribution in [2.45, 2.75) is 31.8 Å². The molecule has 4 nitrogen and oxygen atoms in total. The number of fused-ring (bicyclic) bond motifs is 1. The summed E-state index contributed by atoms with van der Waals surface area (Å²) in [6.45, 7) is 0. The van der Waals surface area contributed by atoms with Gasteiger partial charge in [0.2, 0.25) is 0 Å². The first-order valence-electron chi connectivity index (χ1n) is 6.07. The zero-order valence-electron chi connectivity index (χ0n) is 9.78. The fraction of sp³-hybridized carbons (Fsp3) is 0.385. The molecular formula is C13H13BrN2O2. The number of benzene rings is 1. The fourth-order valence-corrected chi connectivity index (χ4v) is 2.77. The van der Waals surface area contributed by atoms with Gasteiger partial charge in [-0.1, -0.05) is 0 Å². The molecule has 0 spiro atoms. The summed E-state index contributed by atoms with van der Waals surface area (Å²) in [5.74, 6) is 0.730. The standard InChI is InChI=1S/C13H13BrN2O2/c14-10-6-11-9(13(17)16-7-15-11)5-12(10)18-8-3-1-2-4-8/h5-8H,1-4H2,(H,15,16,17). The van der Waals surface area contributed by atoms with Crippen molar-refractivity contribution in [2.24, 2.45) is 0 Å². The molecular weight excluding hydrogens is 296 g/mol. The Kier molecular flexibility index (Phi) is 3.07. The van der Waals surface area contributed by atoms with Crippen LogP contribution in [0.4, 0.5) is 0 Å². The van der Waals surface area contributed by atoms with Crippen LogP contribution in [-0.4, -0.2) is 16.1 Å². The van der Waals surface area contributed by atoms with Crippen LogP contribution in [-0.2, 0) is 0 Å². The van der Waals surface area contributed by atoms with Crippen molar-refractivity contribution in [1.29, 1.82) is 0 Å². The van der Waals surface area contributed by atoms with Crippen LogP contribution in [0.3, 0.4) is 0 Å². The summed E-state index contributed by atoms with van der Waals surface area (Å²) in [5.41, 5.74) is 0.535. The minimum atomic E-state index is -0.135. The van der Waals surface area contributed by atoms with Gasteiger partial charge in [-0.2, -0.15) is 0 Å². The predicted octanol–water partition coefficient (Wildman–Crippen LogP) is 3.01. The second-order valence-electron chi connectivity index (χ2n) is 4.56. The maximum atomic E-state index is 11.7. The van der Waals surface area contributed by atoms with Crippen molar-refractivity contribution in [1.82, 2.24) is 9.97 Å². The van der Waals surface area contributed by atoms with E-state index in [1.165, 1.54) is 19.2 Å². The SMILES string of the molecule is O=c1[nH]cnc2cc(Br)c(OC3CCCC3)cc12. The summed E-state index contributed by atoms with van der Waals surface area (Å²) in [5, 5.41) is 0.564. The van der Waals surface area contributed by atoms with Crippen molar-refractivity contribution in [3.8, 4) is 5.75 Å². The molecule has 1 aliphatic rings. The first kappa shape index (κ1) is 11.7. The van der Waals surface area contributed by atoms with Crippen LogP contribution >= 0.6 is 15.9 Å². The van der Waals surface area contributed by atoms with Crippen LogP contribution < -0.4 is 10.3 Å². The molecule has 3 rings (SSSR count). The average molecular weight is 309 g/mol. The van der Waals surface area contributed by atoms with E-state index in [1.807, 2.05) is 6.07 Å². The molecule has 1 saturated carbocycles. The van der Waals surface area contributed by atoms with E-state index < -0.39 is 0 Å². The van der Waals surface area contributed by atoms with Crippen LogP contribution in [0.15, 0.2) is 27.7 Å². The lowest BCUT2D eigenvalue weighted by Crippen LogP contribution is -2.12. The van der Waals surface area contributed by atoms with Gasteiger partial charge in [0.1, 0.15) is 5.75 Å². The molecule has 0 unspecified atom stereocenters. The number of hydrogen-bond donors (Lipinski definition) is 1. The molecule has 1 heterocycles. The third kappa shape index (κ3) is 2.14. The van der Waals surface area contributed by atoms with E-state index in [0.717, 1.165) is 23.1 Å². The number of rotatable bonds is 2. The monoisotopic (exact) mass is 308 g/mol. The number of nitrogens with zero attached hydrogens (tertiary/aromatic N) is 1. The van der Waals surface area contributed by atoms with E-state index in [9.17, 15) is 4.79 Å². The first-order valence-corrected chi connectivity index (χ1v) is 6.87. The molecule has 0 radical (unpaired) electrons. The number of ether oxygens (including phenoxy) is 1.